The van der Waals surface area contributed by atoms with E-state index >= 15 is 0 Å². The van der Waals surface area contributed by atoms with Gasteiger partial charge in [0.2, 0.25) is 0 Å². The lowest BCUT2D eigenvalue weighted by Gasteiger charge is -2.17. The highest BCUT2D eigenvalue weighted by Gasteiger charge is 2.21. The van der Waals surface area contributed by atoms with Gasteiger partial charge in [0, 0.05) is 22.2 Å². The van der Waals surface area contributed by atoms with E-state index in [0.29, 0.717) is 23.1 Å². The molecule has 0 spiro atoms. The lowest BCUT2D eigenvalue weighted by atomic mass is 10.0. The molecule has 48 heavy (non-hydrogen) atoms. The molecule has 0 fully saturated rings. The summed E-state index contributed by atoms with van der Waals surface area (Å²) in [6, 6.07) is 32.9. The summed E-state index contributed by atoms with van der Waals surface area (Å²) in [7, 11) is 3.39. The van der Waals surface area contributed by atoms with Crippen molar-refractivity contribution in [2.45, 2.75) is 38.6 Å². The van der Waals surface area contributed by atoms with E-state index in [1.54, 1.807) is 19.2 Å². The van der Waals surface area contributed by atoms with Gasteiger partial charge in [-0.15, -0.1) is 10.2 Å². The zero-order valence-electron chi connectivity index (χ0n) is 27.5. The molecule has 6 rings (SSSR count). The van der Waals surface area contributed by atoms with Crippen molar-refractivity contribution in [1.29, 1.82) is 0 Å². The molecule has 1 unspecified atom stereocenters. The second-order valence-electron chi connectivity index (χ2n) is 10.9. The molecule has 252 valence electrons. The van der Waals surface area contributed by atoms with Crippen molar-refractivity contribution in [2.24, 2.45) is 4.99 Å². The van der Waals surface area contributed by atoms with Gasteiger partial charge in [0.25, 0.3) is 0 Å². The van der Waals surface area contributed by atoms with E-state index in [1.165, 1.54) is 0 Å². The first-order valence-electron chi connectivity index (χ1n) is 15.5. The number of para-hydroxylation sites is 2. The van der Waals surface area contributed by atoms with Crippen molar-refractivity contribution >= 4 is 17.3 Å². The lowest BCUT2D eigenvalue weighted by molar-refractivity contribution is 0.0527. The van der Waals surface area contributed by atoms with E-state index in [9.17, 15) is 5.11 Å². The number of aliphatic imine (C=N–C) groups is 1. The van der Waals surface area contributed by atoms with Crippen LogP contribution in [0.3, 0.4) is 0 Å². The fraction of sp³-hybridized carbons (Fsp3) is 0.270. The Balaban J connectivity index is 0.000000174. The van der Waals surface area contributed by atoms with Crippen LogP contribution in [-0.4, -0.2) is 75.3 Å². The molecule has 2 heterocycles. The average Bonchev–Trinajstić information content (AvgIpc) is 3.42. The van der Waals surface area contributed by atoms with Crippen molar-refractivity contribution in [3.63, 3.8) is 0 Å². The molecule has 10 nitrogen and oxygen atoms in total. The van der Waals surface area contributed by atoms with Gasteiger partial charge in [-0.2, -0.15) is 0 Å². The van der Waals surface area contributed by atoms with Crippen LogP contribution in [-0.2, 0) is 6.54 Å². The van der Waals surface area contributed by atoms with Gasteiger partial charge in [-0.1, -0.05) is 84.4 Å². The quantitative estimate of drug-likeness (QED) is 0.165. The third-order valence-electron chi connectivity index (χ3n) is 7.55. The molecule has 0 radical (unpaired) electrons. The van der Waals surface area contributed by atoms with Gasteiger partial charge in [-0.05, 0) is 56.8 Å². The summed E-state index contributed by atoms with van der Waals surface area (Å²) in [4.78, 5) is 4.77. The summed E-state index contributed by atoms with van der Waals surface area (Å²) in [5.74, 6) is 2.86. The highest BCUT2D eigenvalue weighted by atomic mass is 35.5. The molecular weight excluding hydrogens is 630 g/mol. The zero-order chi connectivity index (χ0) is 34.5. The van der Waals surface area contributed by atoms with Crippen molar-refractivity contribution in [3.05, 3.63) is 136 Å². The minimum absolute atomic E-state index is 0.0525. The first-order chi connectivity index (χ1) is 23.3. The Morgan fingerprint density at radius 2 is 1.54 bits per heavy atom. The van der Waals surface area contributed by atoms with Crippen LogP contribution in [0.5, 0.6) is 11.5 Å². The van der Waals surface area contributed by atoms with E-state index in [0.717, 1.165) is 39.7 Å². The van der Waals surface area contributed by atoms with E-state index < -0.39 is 12.2 Å². The van der Waals surface area contributed by atoms with E-state index in [1.807, 2.05) is 104 Å². The highest BCUT2D eigenvalue weighted by Crippen LogP contribution is 2.28. The number of hydrogen-bond acceptors (Lipinski definition) is 9. The molecular formula is C37H42ClN5O5. The van der Waals surface area contributed by atoms with Gasteiger partial charge in [-0.3, -0.25) is 9.56 Å². The maximum atomic E-state index is 9.73. The van der Waals surface area contributed by atoms with Crippen LogP contribution in [0.4, 0.5) is 0 Å². The maximum Gasteiger partial charge on any atom is 0.161 e. The standard InChI is InChI=1S/C17H13ClN4.C10H15NO.C10H14O4/c1-11-20-21-16-10-19-17(12-5-3-2-4-6-12)14-9-13(18)7-8-15(14)22(11)16;1-8(11-2)10(12)9-6-4-3-5-7-9;1-13-9-4-2-3-5-10(9)14-7-8(12)6-11/h2-9H,10H2,1H3;3-8,10-12H,1-2H3;2-5,8,11-12H,6-7H2,1H3/t;8-,10+;/m.0./s1. The summed E-state index contributed by atoms with van der Waals surface area (Å²) in [6.07, 6.45) is -1.28. The van der Waals surface area contributed by atoms with Crippen LogP contribution in [0, 0.1) is 6.92 Å². The normalized spacial score (nSPS) is 13.5. The largest absolute Gasteiger partial charge is 0.493 e. The molecule has 1 aliphatic heterocycles. The number of aliphatic hydroxyl groups is 3. The van der Waals surface area contributed by atoms with E-state index in [4.69, 9.17) is 36.3 Å². The number of aryl methyl sites for hydroxylation is 1. The Labute approximate surface area is 286 Å². The van der Waals surface area contributed by atoms with Crippen molar-refractivity contribution < 1.29 is 24.8 Å². The number of methoxy groups -OCH3 is 1. The van der Waals surface area contributed by atoms with Gasteiger partial charge in [-0.25, -0.2) is 0 Å². The fourth-order valence-electron chi connectivity index (χ4n) is 4.87. The van der Waals surface area contributed by atoms with Crippen LogP contribution >= 0.6 is 11.6 Å². The molecule has 0 aliphatic carbocycles. The third kappa shape index (κ3) is 9.50. The number of rotatable bonds is 9. The Hall–Kier alpha value is -4.58. The number of halogens is 1. The number of nitrogens with one attached hydrogen (secondary N) is 1. The smallest absolute Gasteiger partial charge is 0.161 e. The number of nitrogens with zero attached hydrogens (tertiary/aromatic N) is 4. The second kappa shape index (κ2) is 18.1. The molecule has 5 aromatic rings. The van der Waals surface area contributed by atoms with Gasteiger partial charge in [0.15, 0.2) is 17.3 Å². The lowest BCUT2D eigenvalue weighted by Crippen LogP contribution is -2.28. The van der Waals surface area contributed by atoms with Crippen LogP contribution in [0.2, 0.25) is 5.02 Å². The molecule has 0 amide bonds. The maximum absolute atomic E-state index is 9.73. The molecule has 0 saturated heterocycles. The van der Waals surface area contributed by atoms with Crippen LogP contribution in [0.25, 0.3) is 5.69 Å². The van der Waals surface area contributed by atoms with Gasteiger partial charge >= 0.3 is 0 Å². The number of fused-ring (bicyclic) bond motifs is 3. The molecule has 4 N–H and O–H groups in total. The molecule has 4 aromatic carbocycles. The Kier molecular flexibility index (Phi) is 13.7. The number of hydrogen-bond donors (Lipinski definition) is 4. The second-order valence-corrected chi connectivity index (χ2v) is 11.4. The molecule has 0 saturated carbocycles. The summed E-state index contributed by atoms with van der Waals surface area (Å²) in [5, 5.41) is 39.5. The predicted molar refractivity (Wildman–Crippen MR) is 188 cm³/mol. The van der Waals surface area contributed by atoms with Gasteiger partial charge in [0.05, 0.1) is 31.2 Å². The van der Waals surface area contributed by atoms with E-state index in [-0.39, 0.29) is 19.3 Å². The molecule has 1 aliphatic rings. The number of benzene rings is 4. The first kappa shape index (κ1) is 36.3. The average molecular weight is 672 g/mol. The molecule has 1 aromatic heterocycles. The molecule has 0 bridgehead atoms. The van der Waals surface area contributed by atoms with Crippen molar-refractivity contribution in [1.82, 2.24) is 20.1 Å². The predicted octanol–water partition coefficient (Wildman–Crippen LogP) is 5.34. The summed E-state index contributed by atoms with van der Waals surface area (Å²) in [5.41, 5.74) is 4.98. The van der Waals surface area contributed by atoms with Crippen LogP contribution in [0.15, 0.2) is 108 Å². The number of ether oxygens (including phenoxy) is 2. The fourth-order valence-corrected chi connectivity index (χ4v) is 5.04. The number of likely N-dealkylation sites (N-methyl/N-ethyl adjacent to an activating group) is 1. The van der Waals surface area contributed by atoms with E-state index in [2.05, 4.69) is 27.6 Å². The van der Waals surface area contributed by atoms with Crippen LogP contribution < -0.4 is 14.8 Å². The number of aromatic nitrogens is 3. The summed E-state index contributed by atoms with van der Waals surface area (Å²) < 4.78 is 12.3. The zero-order valence-corrected chi connectivity index (χ0v) is 28.2. The molecule has 3 atom stereocenters. The Morgan fingerprint density at radius 1 is 0.896 bits per heavy atom. The number of aliphatic hydroxyl groups excluding tert-OH is 3. The summed E-state index contributed by atoms with van der Waals surface area (Å²) >= 11 is 6.23. The van der Waals surface area contributed by atoms with Gasteiger partial charge in [0.1, 0.15) is 25.1 Å². The monoisotopic (exact) mass is 671 g/mol. The first-order valence-corrected chi connectivity index (χ1v) is 15.9. The van der Waals surface area contributed by atoms with Gasteiger partial charge < -0.3 is 30.1 Å². The third-order valence-corrected chi connectivity index (χ3v) is 7.79. The SMILES string of the molecule is CN[C@@H](C)[C@@H](O)c1ccccc1.COc1ccccc1OCC(O)CO.Cc1nnc2n1-c1ccc(Cl)cc1C(c1ccccc1)=NC2. The van der Waals surface area contributed by atoms with Crippen LogP contribution in [0.1, 0.15) is 41.4 Å². The Bertz CT molecular complexity index is 1750. The van der Waals surface area contributed by atoms with Crippen molar-refractivity contribution in [3.8, 4) is 17.2 Å². The molecule has 11 heteroatoms. The minimum atomic E-state index is -0.861. The topological polar surface area (TPSA) is 134 Å². The van der Waals surface area contributed by atoms with Crippen molar-refractivity contribution in [2.75, 3.05) is 27.4 Å². The minimum Gasteiger partial charge on any atom is -0.493 e. The highest BCUT2D eigenvalue weighted by molar-refractivity contribution is 6.31. The Morgan fingerprint density at radius 3 is 2.19 bits per heavy atom. The summed E-state index contributed by atoms with van der Waals surface area (Å²) in [6.45, 7) is 4.14.